The number of nitrogens with one attached hydrogen (secondary N) is 1. The summed E-state index contributed by atoms with van der Waals surface area (Å²) in [4.78, 5) is 22.3. The Morgan fingerprint density at radius 1 is 1.21 bits per heavy atom. The van der Waals surface area contributed by atoms with E-state index in [2.05, 4.69) is 14.8 Å². The molecule has 0 aromatic carbocycles. The van der Waals surface area contributed by atoms with Crippen LogP contribution < -0.4 is 5.32 Å². The van der Waals surface area contributed by atoms with Crippen LogP contribution in [0.4, 0.5) is 0 Å². The molecule has 82 valence electrons. The second kappa shape index (κ2) is 4.95. The summed E-state index contributed by atoms with van der Waals surface area (Å²) in [6, 6.07) is -0.547. The van der Waals surface area contributed by atoms with Gasteiger partial charge < -0.3 is 9.47 Å². The highest BCUT2D eigenvalue weighted by molar-refractivity contribution is 5.82. The summed E-state index contributed by atoms with van der Waals surface area (Å²) >= 11 is 0. The lowest BCUT2D eigenvalue weighted by Gasteiger charge is -2.26. The van der Waals surface area contributed by atoms with Crippen molar-refractivity contribution in [2.24, 2.45) is 0 Å². The Labute approximate surface area is 83.8 Å². The van der Waals surface area contributed by atoms with Gasteiger partial charge in [-0.3, -0.25) is 14.9 Å². The minimum Gasteiger partial charge on any atom is -0.468 e. The van der Waals surface area contributed by atoms with Gasteiger partial charge in [-0.15, -0.1) is 0 Å². The van der Waals surface area contributed by atoms with E-state index >= 15 is 0 Å². The zero-order valence-corrected chi connectivity index (χ0v) is 9.21. The van der Waals surface area contributed by atoms with Crippen molar-refractivity contribution < 1.29 is 19.1 Å². The van der Waals surface area contributed by atoms with Crippen molar-refractivity contribution in [3.8, 4) is 0 Å². The molecule has 0 aliphatic heterocycles. The Kier molecular flexibility index (Phi) is 4.56. The summed E-state index contributed by atoms with van der Waals surface area (Å²) in [5.41, 5.74) is -0.900. The van der Waals surface area contributed by atoms with Gasteiger partial charge in [-0.25, -0.2) is 0 Å². The molecular formula is C9H17NO4. The van der Waals surface area contributed by atoms with Gasteiger partial charge in [0.25, 0.3) is 0 Å². The number of carbonyl (C=O) groups is 2. The van der Waals surface area contributed by atoms with Gasteiger partial charge in [-0.2, -0.15) is 0 Å². The average Bonchev–Trinajstić information content (AvgIpc) is 2.14. The van der Waals surface area contributed by atoms with Crippen LogP contribution in [0, 0.1) is 0 Å². The van der Waals surface area contributed by atoms with Crippen LogP contribution >= 0.6 is 0 Å². The van der Waals surface area contributed by atoms with E-state index in [0.717, 1.165) is 0 Å². The molecule has 0 rings (SSSR count). The van der Waals surface area contributed by atoms with E-state index in [4.69, 9.17) is 0 Å². The van der Waals surface area contributed by atoms with Gasteiger partial charge in [0.1, 0.15) is 11.6 Å². The van der Waals surface area contributed by atoms with Crippen molar-refractivity contribution in [1.82, 2.24) is 5.32 Å². The average molecular weight is 203 g/mol. The van der Waals surface area contributed by atoms with Crippen molar-refractivity contribution in [3.63, 3.8) is 0 Å². The van der Waals surface area contributed by atoms with Crippen LogP contribution in [-0.4, -0.2) is 37.7 Å². The molecule has 0 saturated heterocycles. The zero-order chi connectivity index (χ0) is 11.4. The second-order valence-corrected chi connectivity index (χ2v) is 3.51. The summed E-state index contributed by atoms with van der Waals surface area (Å²) in [6.45, 7) is 4.90. The molecule has 5 heteroatoms. The quantitative estimate of drug-likeness (QED) is 0.656. The van der Waals surface area contributed by atoms with Gasteiger partial charge in [-0.05, 0) is 20.8 Å². The van der Waals surface area contributed by atoms with E-state index in [-0.39, 0.29) is 0 Å². The van der Waals surface area contributed by atoms with E-state index in [1.165, 1.54) is 14.2 Å². The van der Waals surface area contributed by atoms with Crippen molar-refractivity contribution in [2.75, 3.05) is 14.2 Å². The standard InChI is InChI=1S/C9H17NO4/c1-6(7(11)13-4)10-9(2,3)8(12)14-5/h6,10H,1-5H3. The van der Waals surface area contributed by atoms with Gasteiger partial charge in [0.2, 0.25) is 0 Å². The molecule has 0 aromatic rings. The van der Waals surface area contributed by atoms with Crippen molar-refractivity contribution in [2.45, 2.75) is 32.4 Å². The van der Waals surface area contributed by atoms with Crippen molar-refractivity contribution in [3.05, 3.63) is 0 Å². The molecule has 0 radical (unpaired) electrons. The van der Waals surface area contributed by atoms with Gasteiger partial charge in [0.15, 0.2) is 0 Å². The van der Waals surface area contributed by atoms with Crippen LogP contribution in [0.5, 0.6) is 0 Å². The fourth-order valence-electron chi connectivity index (χ4n) is 1.09. The molecule has 14 heavy (non-hydrogen) atoms. The number of ether oxygens (including phenoxy) is 2. The lowest BCUT2D eigenvalue weighted by Crippen LogP contribution is -2.53. The van der Waals surface area contributed by atoms with E-state index < -0.39 is 23.5 Å². The van der Waals surface area contributed by atoms with Crippen LogP contribution in [-0.2, 0) is 19.1 Å². The molecule has 1 N–H and O–H groups in total. The molecule has 0 aliphatic rings. The molecule has 5 nitrogen and oxygen atoms in total. The highest BCUT2D eigenvalue weighted by Crippen LogP contribution is 2.06. The topological polar surface area (TPSA) is 64.6 Å². The summed E-state index contributed by atoms with van der Waals surface area (Å²) in [7, 11) is 2.60. The Balaban J connectivity index is 4.35. The Morgan fingerprint density at radius 2 is 1.71 bits per heavy atom. The normalized spacial score (nSPS) is 13.2. The highest BCUT2D eigenvalue weighted by Gasteiger charge is 2.32. The molecular weight excluding hydrogens is 186 g/mol. The third kappa shape index (κ3) is 3.33. The van der Waals surface area contributed by atoms with E-state index in [1.807, 2.05) is 0 Å². The van der Waals surface area contributed by atoms with Crippen LogP contribution in [0.1, 0.15) is 20.8 Å². The van der Waals surface area contributed by atoms with Gasteiger partial charge in [0, 0.05) is 0 Å². The summed E-state index contributed by atoms with van der Waals surface area (Å²) in [6.07, 6.45) is 0. The SMILES string of the molecule is COC(=O)C(C)NC(C)(C)C(=O)OC. The zero-order valence-electron chi connectivity index (χ0n) is 9.21. The number of carbonyl (C=O) groups excluding carboxylic acids is 2. The molecule has 0 aliphatic carbocycles. The minimum absolute atomic E-state index is 0.415. The molecule has 1 atom stereocenters. The Bertz CT molecular complexity index is 225. The second-order valence-electron chi connectivity index (χ2n) is 3.51. The van der Waals surface area contributed by atoms with Crippen LogP contribution in [0.3, 0.4) is 0 Å². The lowest BCUT2D eigenvalue weighted by atomic mass is 10.0. The largest absolute Gasteiger partial charge is 0.468 e. The number of hydrogen-bond acceptors (Lipinski definition) is 5. The van der Waals surface area contributed by atoms with Gasteiger partial charge >= 0.3 is 11.9 Å². The number of rotatable bonds is 4. The maximum atomic E-state index is 11.2. The first-order valence-electron chi connectivity index (χ1n) is 4.29. The van der Waals surface area contributed by atoms with Gasteiger partial charge in [-0.1, -0.05) is 0 Å². The van der Waals surface area contributed by atoms with E-state index in [9.17, 15) is 9.59 Å². The summed E-state index contributed by atoms with van der Waals surface area (Å²) < 4.78 is 9.09. The van der Waals surface area contributed by atoms with Crippen LogP contribution in [0.2, 0.25) is 0 Å². The third-order valence-corrected chi connectivity index (χ3v) is 1.83. The molecule has 0 heterocycles. The predicted octanol–water partition coefficient (Wildman–Crippen LogP) is 0.0891. The summed E-state index contributed by atoms with van der Waals surface area (Å²) in [5, 5.41) is 2.81. The Hall–Kier alpha value is -1.10. The van der Waals surface area contributed by atoms with Gasteiger partial charge in [0.05, 0.1) is 14.2 Å². The molecule has 0 bridgehead atoms. The first-order chi connectivity index (χ1) is 6.35. The summed E-state index contributed by atoms with van der Waals surface area (Å²) in [5.74, 6) is -0.838. The number of hydrogen-bond donors (Lipinski definition) is 1. The van der Waals surface area contributed by atoms with Crippen LogP contribution in [0.15, 0.2) is 0 Å². The van der Waals surface area contributed by atoms with Crippen molar-refractivity contribution >= 4 is 11.9 Å². The fraction of sp³-hybridized carbons (Fsp3) is 0.778. The maximum absolute atomic E-state index is 11.2. The van der Waals surface area contributed by atoms with E-state index in [1.54, 1.807) is 20.8 Å². The molecule has 1 unspecified atom stereocenters. The third-order valence-electron chi connectivity index (χ3n) is 1.83. The lowest BCUT2D eigenvalue weighted by molar-refractivity contribution is -0.149. The first kappa shape index (κ1) is 12.9. The Morgan fingerprint density at radius 3 is 2.07 bits per heavy atom. The first-order valence-corrected chi connectivity index (χ1v) is 4.29. The molecule has 0 saturated carbocycles. The molecule has 0 spiro atoms. The monoisotopic (exact) mass is 203 g/mol. The number of methoxy groups -OCH3 is 2. The minimum atomic E-state index is -0.900. The molecule has 0 amide bonds. The smallest absolute Gasteiger partial charge is 0.325 e. The highest BCUT2D eigenvalue weighted by atomic mass is 16.5. The molecule has 0 aromatic heterocycles. The maximum Gasteiger partial charge on any atom is 0.325 e. The van der Waals surface area contributed by atoms with Crippen molar-refractivity contribution in [1.29, 1.82) is 0 Å². The predicted molar refractivity (Wildman–Crippen MR) is 50.7 cm³/mol. The number of esters is 2. The fourth-order valence-corrected chi connectivity index (χ4v) is 1.09. The molecule has 0 fully saturated rings. The van der Waals surface area contributed by atoms with E-state index in [0.29, 0.717) is 0 Å². The van der Waals surface area contributed by atoms with Crippen LogP contribution in [0.25, 0.3) is 0 Å².